The van der Waals surface area contributed by atoms with E-state index in [0.717, 1.165) is 0 Å². The molecule has 2 rings (SSSR count). The number of carbonyl (C=O) groups excluding carboxylic acids is 2. The van der Waals surface area contributed by atoms with Crippen molar-refractivity contribution in [1.82, 2.24) is 25.4 Å². The first kappa shape index (κ1) is 21.0. The van der Waals surface area contributed by atoms with Gasteiger partial charge >= 0.3 is 6.03 Å². The predicted molar refractivity (Wildman–Crippen MR) is 104 cm³/mol. The molecule has 0 atom stereocenters. The third-order valence-corrected chi connectivity index (χ3v) is 4.64. The highest BCUT2D eigenvalue weighted by Gasteiger charge is 2.13. The van der Waals surface area contributed by atoms with Crippen LogP contribution in [0.15, 0.2) is 29.4 Å². The van der Waals surface area contributed by atoms with Crippen molar-refractivity contribution < 1.29 is 14.3 Å². The topological polar surface area (TPSA) is 98.1 Å². The van der Waals surface area contributed by atoms with Crippen LogP contribution in [-0.2, 0) is 18.4 Å². The highest BCUT2D eigenvalue weighted by atomic mass is 35.5. The highest BCUT2D eigenvalue weighted by molar-refractivity contribution is 7.99. The molecule has 0 fully saturated rings. The Bertz CT molecular complexity index is 779. The van der Waals surface area contributed by atoms with Gasteiger partial charge in [-0.1, -0.05) is 37.2 Å². The minimum absolute atomic E-state index is 0.0547. The number of amides is 3. The number of benzene rings is 1. The molecule has 27 heavy (non-hydrogen) atoms. The Balaban J connectivity index is 1.79. The zero-order valence-electron chi connectivity index (χ0n) is 15.4. The van der Waals surface area contributed by atoms with Crippen molar-refractivity contribution in [3.8, 4) is 5.75 Å². The number of rotatable bonds is 8. The van der Waals surface area contributed by atoms with Gasteiger partial charge < -0.3 is 14.6 Å². The molecule has 1 heterocycles. The van der Waals surface area contributed by atoms with E-state index in [1.54, 1.807) is 35.9 Å². The summed E-state index contributed by atoms with van der Waals surface area (Å²) in [4.78, 5) is 23.4. The van der Waals surface area contributed by atoms with E-state index in [1.165, 1.54) is 11.8 Å². The van der Waals surface area contributed by atoms with Crippen molar-refractivity contribution in [2.75, 3.05) is 12.3 Å². The van der Waals surface area contributed by atoms with Crippen LogP contribution in [0, 0.1) is 5.92 Å². The maximum absolute atomic E-state index is 11.8. The van der Waals surface area contributed by atoms with Crippen LogP contribution in [0.25, 0.3) is 0 Å². The Morgan fingerprint density at radius 2 is 1.96 bits per heavy atom. The van der Waals surface area contributed by atoms with Crippen molar-refractivity contribution in [3.63, 3.8) is 0 Å². The molecule has 0 aliphatic carbocycles. The smallest absolute Gasteiger partial charge is 0.321 e. The van der Waals surface area contributed by atoms with Crippen LogP contribution in [-0.4, -0.2) is 39.0 Å². The molecule has 0 spiro atoms. The van der Waals surface area contributed by atoms with Gasteiger partial charge in [-0.25, -0.2) is 4.79 Å². The monoisotopic (exact) mass is 411 g/mol. The van der Waals surface area contributed by atoms with Gasteiger partial charge in [0.1, 0.15) is 12.4 Å². The summed E-state index contributed by atoms with van der Waals surface area (Å²) in [6, 6.07) is 6.52. The zero-order valence-corrected chi connectivity index (χ0v) is 16.9. The molecule has 0 radical (unpaired) electrons. The van der Waals surface area contributed by atoms with Gasteiger partial charge in [-0.3, -0.25) is 10.1 Å². The first-order valence-corrected chi connectivity index (χ1v) is 9.68. The number of carbonyl (C=O) groups is 2. The summed E-state index contributed by atoms with van der Waals surface area (Å²) in [6.45, 7) is 4.68. The maximum atomic E-state index is 11.8. The largest absolute Gasteiger partial charge is 0.486 e. The van der Waals surface area contributed by atoms with Crippen LogP contribution in [0.1, 0.15) is 19.7 Å². The number of urea groups is 1. The van der Waals surface area contributed by atoms with Crippen LogP contribution in [0.5, 0.6) is 5.75 Å². The SMILES string of the molecule is CC(C)CNC(=O)NC(=O)CSc1nnc(COc2ccc(Cl)cc2)n1C. The standard InChI is InChI=1S/C17H22ClN5O3S/c1-11(2)8-19-16(25)20-15(24)10-27-17-22-21-14(23(17)3)9-26-13-6-4-12(18)5-7-13/h4-7,11H,8-10H2,1-3H3,(H2,19,20,24,25). The van der Waals surface area contributed by atoms with Crippen molar-refractivity contribution in [1.29, 1.82) is 0 Å². The lowest BCUT2D eigenvalue weighted by atomic mass is 10.2. The van der Waals surface area contributed by atoms with E-state index >= 15 is 0 Å². The van der Waals surface area contributed by atoms with E-state index in [1.807, 2.05) is 13.8 Å². The summed E-state index contributed by atoms with van der Waals surface area (Å²) < 4.78 is 7.38. The molecular formula is C17H22ClN5O3S. The molecule has 0 aliphatic rings. The molecule has 0 saturated heterocycles. The van der Waals surface area contributed by atoms with Crippen LogP contribution in [0.2, 0.25) is 5.02 Å². The molecule has 8 nitrogen and oxygen atoms in total. The van der Waals surface area contributed by atoms with E-state index in [9.17, 15) is 9.59 Å². The van der Waals surface area contributed by atoms with Crippen LogP contribution in [0.4, 0.5) is 4.79 Å². The summed E-state index contributed by atoms with van der Waals surface area (Å²) in [5.41, 5.74) is 0. The Labute approximate surface area is 167 Å². The summed E-state index contributed by atoms with van der Waals surface area (Å²) >= 11 is 7.03. The van der Waals surface area contributed by atoms with Crippen molar-refractivity contribution >= 4 is 35.3 Å². The van der Waals surface area contributed by atoms with Gasteiger partial charge in [0.15, 0.2) is 11.0 Å². The first-order chi connectivity index (χ1) is 12.8. The highest BCUT2D eigenvalue weighted by Crippen LogP contribution is 2.18. The molecule has 0 unspecified atom stereocenters. The lowest BCUT2D eigenvalue weighted by Gasteiger charge is -2.08. The molecule has 1 aromatic carbocycles. The average Bonchev–Trinajstić information content (AvgIpc) is 2.97. The number of nitrogens with zero attached hydrogens (tertiary/aromatic N) is 3. The molecule has 0 bridgehead atoms. The normalized spacial score (nSPS) is 10.7. The van der Waals surface area contributed by atoms with Gasteiger partial charge in [0.25, 0.3) is 0 Å². The number of halogens is 1. The predicted octanol–water partition coefficient (Wildman–Crippen LogP) is 2.62. The summed E-state index contributed by atoms with van der Waals surface area (Å²) in [5.74, 6) is 1.25. The van der Waals surface area contributed by atoms with Crippen LogP contribution in [0.3, 0.4) is 0 Å². The van der Waals surface area contributed by atoms with E-state index in [-0.39, 0.29) is 12.4 Å². The molecule has 146 valence electrons. The number of aromatic nitrogens is 3. The Kier molecular flexibility index (Phi) is 7.93. The number of nitrogens with one attached hydrogen (secondary N) is 2. The van der Waals surface area contributed by atoms with Crippen LogP contribution < -0.4 is 15.4 Å². The molecule has 3 amide bonds. The Morgan fingerprint density at radius 1 is 1.26 bits per heavy atom. The summed E-state index contributed by atoms with van der Waals surface area (Å²) in [7, 11) is 1.79. The molecular weight excluding hydrogens is 390 g/mol. The molecule has 1 aromatic heterocycles. The molecule has 2 N–H and O–H groups in total. The van der Waals surface area contributed by atoms with Gasteiger partial charge in [0.2, 0.25) is 5.91 Å². The second-order valence-electron chi connectivity index (χ2n) is 6.14. The lowest BCUT2D eigenvalue weighted by molar-refractivity contribution is -0.117. The molecule has 2 aromatic rings. The minimum atomic E-state index is -0.496. The summed E-state index contributed by atoms with van der Waals surface area (Å²) in [6.07, 6.45) is 0. The molecule has 10 heteroatoms. The minimum Gasteiger partial charge on any atom is -0.486 e. The fraction of sp³-hybridized carbons (Fsp3) is 0.412. The number of hydrogen-bond acceptors (Lipinski definition) is 6. The maximum Gasteiger partial charge on any atom is 0.321 e. The number of thioether (sulfide) groups is 1. The first-order valence-electron chi connectivity index (χ1n) is 8.32. The fourth-order valence-electron chi connectivity index (χ4n) is 1.91. The third kappa shape index (κ3) is 7.10. The second kappa shape index (κ2) is 10.2. The van der Waals surface area contributed by atoms with E-state index in [4.69, 9.17) is 16.3 Å². The summed E-state index contributed by atoms with van der Waals surface area (Å²) in [5, 5.41) is 14.2. The van der Waals surface area contributed by atoms with Gasteiger partial charge in [-0.15, -0.1) is 10.2 Å². The zero-order chi connectivity index (χ0) is 19.8. The van der Waals surface area contributed by atoms with Gasteiger partial charge in [-0.2, -0.15) is 0 Å². The number of hydrogen-bond donors (Lipinski definition) is 2. The average molecular weight is 412 g/mol. The molecule has 0 saturated carbocycles. The molecule has 0 aliphatic heterocycles. The fourth-order valence-corrected chi connectivity index (χ4v) is 2.76. The van der Waals surface area contributed by atoms with Gasteiger partial charge in [-0.05, 0) is 30.2 Å². The van der Waals surface area contributed by atoms with E-state index in [0.29, 0.717) is 34.2 Å². The quantitative estimate of drug-likeness (QED) is 0.648. The lowest BCUT2D eigenvalue weighted by Crippen LogP contribution is -2.41. The third-order valence-electron chi connectivity index (χ3n) is 3.36. The Hall–Kier alpha value is -2.26. The van der Waals surface area contributed by atoms with Gasteiger partial charge in [0.05, 0.1) is 5.75 Å². The van der Waals surface area contributed by atoms with E-state index in [2.05, 4.69) is 20.8 Å². The Morgan fingerprint density at radius 3 is 2.63 bits per heavy atom. The van der Waals surface area contributed by atoms with Gasteiger partial charge in [0, 0.05) is 18.6 Å². The van der Waals surface area contributed by atoms with Crippen molar-refractivity contribution in [2.45, 2.75) is 25.6 Å². The van der Waals surface area contributed by atoms with E-state index < -0.39 is 11.9 Å². The number of ether oxygens (including phenoxy) is 1. The number of imide groups is 1. The van der Waals surface area contributed by atoms with Crippen molar-refractivity contribution in [2.24, 2.45) is 13.0 Å². The van der Waals surface area contributed by atoms with Crippen LogP contribution >= 0.6 is 23.4 Å². The second-order valence-corrected chi connectivity index (χ2v) is 7.52. The van der Waals surface area contributed by atoms with Crippen molar-refractivity contribution in [3.05, 3.63) is 35.1 Å².